The van der Waals surface area contributed by atoms with E-state index in [9.17, 15) is 9.59 Å². The standard InChI is InChI=1S/C26H31N7O3/c1-6-33-21-16-28-26(30-23(21)32(4)20-10-8-7-9-18(20)25(33)35)29-19-12-11-17(15-22(19)36-5)24(34)27-13-14-31(2)3/h7-12,15-16H,6,13-14H2,1-5H3,(H,27,34)(H,28,29,30). The number of amides is 2. The van der Waals surface area contributed by atoms with Gasteiger partial charge in [0.1, 0.15) is 11.4 Å². The van der Waals surface area contributed by atoms with Crippen LogP contribution in [0.15, 0.2) is 48.7 Å². The van der Waals surface area contributed by atoms with Crippen molar-refractivity contribution in [1.29, 1.82) is 0 Å². The van der Waals surface area contributed by atoms with Crippen LogP contribution in [0, 0.1) is 0 Å². The lowest BCUT2D eigenvalue weighted by Crippen LogP contribution is -2.31. The summed E-state index contributed by atoms with van der Waals surface area (Å²) in [6, 6.07) is 12.6. The number of fused-ring (bicyclic) bond motifs is 2. The number of likely N-dealkylation sites (N-methyl/N-ethyl adjacent to an activating group) is 1. The highest BCUT2D eigenvalue weighted by Crippen LogP contribution is 2.39. The van der Waals surface area contributed by atoms with Crippen LogP contribution in [-0.4, -0.2) is 74.6 Å². The van der Waals surface area contributed by atoms with E-state index in [0.29, 0.717) is 53.1 Å². The van der Waals surface area contributed by atoms with Gasteiger partial charge in [0.15, 0.2) is 5.82 Å². The highest BCUT2D eigenvalue weighted by molar-refractivity contribution is 6.13. The van der Waals surface area contributed by atoms with E-state index < -0.39 is 0 Å². The van der Waals surface area contributed by atoms with Crippen LogP contribution in [-0.2, 0) is 0 Å². The van der Waals surface area contributed by atoms with Gasteiger partial charge in [0, 0.05) is 32.2 Å². The highest BCUT2D eigenvalue weighted by atomic mass is 16.5. The number of nitrogens with zero attached hydrogens (tertiary/aromatic N) is 5. The number of aromatic nitrogens is 2. The second-order valence-corrected chi connectivity index (χ2v) is 8.63. The molecule has 10 nitrogen and oxygen atoms in total. The number of methoxy groups -OCH3 is 1. The van der Waals surface area contributed by atoms with Crippen LogP contribution in [0.4, 0.5) is 28.8 Å². The number of anilines is 5. The van der Waals surface area contributed by atoms with E-state index in [1.165, 1.54) is 0 Å². The third-order valence-corrected chi connectivity index (χ3v) is 5.97. The van der Waals surface area contributed by atoms with Crippen LogP contribution in [0.25, 0.3) is 0 Å². The molecule has 0 fully saturated rings. The maximum Gasteiger partial charge on any atom is 0.260 e. The first kappa shape index (κ1) is 24.9. The summed E-state index contributed by atoms with van der Waals surface area (Å²) in [6.07, 6.45) is 1.65. The Morgan fingerprint density at radius 1 is 1.14 bits per heavy atom. The monoisotopic (exact) mass is 489 g/mol. The van der Waals surface area contributed by atoms with Gasteiger partial charge in [-0.15, -0.1) is 0 Å². The smallest absolute Gasteiger partial charge is 0.260 e. The number of hydrogen-bond donors (Lipinski definition) is 2. The molecule has 4 rings (SSSR count). The quantitative estimate of drug-likeness (QED) is 0.497. The van der Waals surface area contributed by atoms with Crippen LogP contribution in [0.2, 0.25) is 0 Å². The lowest BCUT2D eigenvalue weighted by molar-refractivity contribution is 0.0949. The first-order valence-corrected chi connectivity index (χ1v) is 11.7. The van der Waals surface area contributed by atoms with Crippen LogP contribution >= 0.6 is 0 Å². The first-order valence-electron chi connectivity index (χ1n) is 11.7. The molecule has 0 spiro atoms. The van der Waals surface area contributed by atoms with Crippen molar-refractivity contribution in [3.05, 3.63) is 59.8 Å². The highest BCUT2D eigenvalue weighted by Gasteiger charge is 2.30. The lowest BCUT2D eigenvalue weighted by Gasteiger charge is -2.22. The molecule has 0 unspecified atom stereocenters. The van der Waals surface area contributed by atoms with Crippen molar-refractivity contribution in [3.63, 3.8) is 0 Å². The SMILES string of the molecule is CCN1C(=O)c2ccccc2N(C)c2nc(Nc3ccc(C(=O)NCCN(C)C)cc3OC)ncc21. The molecule has 0 atom stereocenters. The van der Waals surface area contributed by atoms with E-state index >= 15 is 0 Å². The molecule has 1 aromatic heterocycles. The number of benzene rings is 2. The molecule has 0 bridgehead atoms. The lowest BCUT2D eigenvalue weighted by atomic mass is 10.1. The summed E-state index contributed by atoms with van der Waals surface area (Å²) >= 11 is 0. The van der Waals surface area contributed by atoms with E-state index in [2.05, 4.69) is 15.6 Å². The number of para-hydroxylation sites is 1. The molecule has 2 aromatic carbocycles. The van der Waals surface area contributed by atoms with Crippen LogP contribution < -0.4 is 25.2 Å². The topological polar surface area (TPSA) is 103 Å². The molecule has 10 heteroatoms. The van der Waals surface area contributed by atoms with Crippen molar-refractivity contribution in [1.82, 2.24) is 20.2 Å². The average molecular weight is 490 g/mol. The Balaban J connectivity index is 1.62. The van der Waals surface area contributed by atoms with Gasteiger partial charge in [0.25, 0.3) is 11.8 Å². The molecule has 188 valence electrons. The number of carbonyl (C=O) groups is 2. The number of hydrogen-bond acceptors (Lipinski definition) is 8. The predicted molar refractivity (Wildman–Crippen MR) is 141 cm³/mol. The molecule has 2 N–H and O–H groups in total. The van der Waals surface area contributed by atoms with Crippen molar-refractivity contribution in [2.45, 2.75) is 6.92 Å². The van der Waals surface area contributed by atoms with Gasteiger partial charge in [-0.25, -0.2) is 4.98 Å². The van der Waals surface area contributed by atoms with E-state index in [0.717, 1.165) is 12.2 Å². The Morgan fingerprint density at radius 2 is 1.92 bits per heavy atom. The molecule has 2 heterocycles. The molecule has 0 saturated heterocycles. The second-order valence-electron chi connectivity index (χ2n) is 8.63. The third-order valence-electron chi connectivity index (χ3n) is 5.97. The molecule has 36 heavy (non-hydrogen) atoms. The third kappa shape index (κ3) is 4.94. The largest absolute Gasteiger partial charge is 0.495 e. The Bertz CT molecular complexity index is 1280. The summed E-state index contributed by atoms with van der Waals surface area (Å²) in [5.74, 6) is 1.16. The first-order chi connectivity index (χ1) is 17.3. The summed E-state index contributed by atoms with van der Waals surface area (Å²) in [5.41, 5.74) is 3.11. The van der Waals surface area contributed by atoms with Crippen molar-refractivity contribution >= 4 is 40.6 Å². The molecule has 1 aliphatic heterocycles. The Hall–Kier alpha value is -4.18. The van der Waals surface area contributed by atoms with Gasteiger partial charge in [-0.3, -0.25) is 9.59 Å². The number of nitrogens with one attached hydrogen (secondary N) is 2. The Morgan fingerprint density at radius 3 is 2.64 bits per heavy atom. The van der Waals surface area contributed by atoms with Crippen molar-refractivity contribution in [2.75, 3.05) is 63.0 Å². The van der Waals surface area contributed by atoms with Gasteiger partial charge >= 0.3 is 0 Å². The van der Waals surface area contributed by atoms with Crippen LogP contribution in [0.1, 0.15) is 27.6 Å². The van der Waals surface area contributed by atoms with Gasteiger partial charge in [-0.2, -0.15) is 4.98 Å². The average Bonchev–Trinajstić information content (AvgIpc) is 2.97. The van der Waals surface area contributed by atoms with Gasteiger partial charge in [0.05, 0.1) is 30.2 Å². The molecule has 0 radical (unpaired) electrons. The zero-order chi connectivity index (χ0) is 25.8. The molecule has 1 aliphatic rings. The fourth-order valence-corrected chi connectivity index (χ4v) is 4.05. The van der Waals surface area contributed by atoms with Crippen LogP contribution in [0.5, 0.6) is 5.75 Å². The molecular weight excluding hydrogens is 458 g/mol. The maximum atomic E-state index is 13.2. The normalized spacial score (nSPS) is 12.7. The summed E-state index contributed by atoms with van der Waals surface area (Å²) in [5, 5.41) is 6.09. The number of rotatable bonds is 8. The summed E-state index contributed by atoms with van der Waals surface area (Å²) in [4.78, 5) is 40.5. The van der Waals surface area contributed by atoms with E-state index in [1.807, 2.05) is 62.1 Å². The number of ether oxygens (including phenoxy) is 1. The Kier molecular flexibility index (Phi) is 7.35. The Labute approximate surface area is 210 Å². The predicted octanol–water partition coefficient (Wildman–Crippen LogP) is 3.27. The van der Waals surface area contributed by atoms with Gasteiger partial charge in [-0.1, -0.05) is 12.1 Å². The molecule has 0 saturated carbocycles. The van der Waals surface area contributed by atoms with Gasteiger partial charge < -0.3 is 30.1 Å². The molecule has 0 aliphatic carbocycles. The molecule has 2 amide bonds. The van der Waals surface area contributed by atoms with Gasteiger partial charge in [0.2, 0.25) is 5.95 Å². The molecule has 3 aromatic rings. The van der Waals surface area contributed by atoms with E-state index in [-0.39, 0.29) is 11.8 Å². The second kappa shape index (κ2) is 10.6. The minimum atomic E-state index is -0.174. The van der Waals surface area contributed by atoms with Crippen molar-refractivity contribution in [3.8, 4) is 5.75 Å². The number of carbonyl (C=O) groups excluding carboxylic acids is 2. The fourth-order valence-electron chi connectivity index (χ4n) is 4.05. The van der Waals surface area contributed by atoms with Crippen LogP contribution in [0.3, 0.4) is 0 Å². The van der Waals surface area contributed by atoms with Gasteiger partial charge in [-0.05, 0) is 51.4 Å². The minimum Gasteiger partial charge on any atom is -0.495 e. The zero-order valence-corrected chi connectivity index (χ0v) is 21.2. The summed E-state index contributed by atoms with van der Waals surface area (Å²) < 4.78 is 5.53. The zero-order valence-electron chi connectivity index (χ0n) is 21.2. The summed E-state index contributed by atoms with van der Waals surface area (Å²) in [7, 11) is 7.33. The van der Waals surface area contributed by atoms with Crippen molar-refractivity contribution < 1.29 is 14.3 Å². The van der Waals surface area contributed by atoms with E-state index in [1.54, 1.807) is 36.4 Å². The fraction of sp³-hybridized carbons (Fsp3) is 0.308. The maximum absolute atomic E-state index is 13.2. The minimum absolute atomic E-state index is 0.0934. The van der Waals surface area contributed by atoms with E-state index in [4.69, 9.17) is 9.72 Å². The molecular formula is C26H31N7O3. The van der Waals surface area contributed by atoms with Crippen molar-refractivity contribution in [2.24, 2.45) is 0 Å². The summed E-state index contributed by atoms with van der Waals surface area (Å²) in [6.45, 7) is 3.70.